The Hall–Kier alpha value is -0.980. The molecule has 1 heterocycles. The highest BCUT2D eigenvalue weighted by Gasteiger charge is 1.98. The van der Waals surface area contributed by atoms with Gasteiger partial charge in [0.25, 0.3) is 0 Å². The van der Waals surface area contributed by atoms with E-state index in [0.29, 0.717) is 6.42 Å². The molecule has 6 heteroatoms. The smallest absolute Gasteiger partial charge is 0.217 e. The first kappa shape index (κ1) is 30.0. The van der Waals surface area contributed by atoms with Gasteiger partial charge < -0.3 is 4.55 Å². The molecule has 0 fully saturated rings. The van der Waals surface area contributed by atoms with Crippen molar-refractivity contribution in [3.63, 3.8) is 0 Å². The molecule has 0 spiro atoms. The fourth-order valence-electron chi connectivity index (χ4n) is 3.41. The molecule has 31 heavy (non-hydrogen) atoms. The SMILES string of the molecule is CCCCCCCCCCCC[n+]1ccccc1.CCCCCCCCOS(=O)(=O)[O-]. The van der Waals surface area contributed by atoms with Gasteiger partial charge in [0.1, 0.15) is 6.54 Å². The molecule has 1 aromatic heterocycles. The lowest BCUT2D eigenvalue weighted by Gasteiger charge is -2.06. The maximum absolute atomic E-state index is 9.99. The number of nitrogens with zero attached hydrogens (tertiary/aromatic N) is 1. The summed E-state index contributed by atoms with van der Waals surface area (Å²) in [4.78, 5) is 0. The van der Waals surface area contributed by atoms with Crippen molar-refractivity contribution in [2.24, 2.45) is 0 Å². The summed E-state index contributed by atoms with van der Waals surface area (Å²) in [5, 5.41) is 0. The zero-order chi connectivity index (χ0) is 23.0. The molecule has 182 valence electrons. The number of hydrogen-bond donors (Lipinski definition) is 0. The molecule has 1 rings (SSSR count). The summed E-state index contributed by atoms with van der Waals surface area (Å²) in [6, 6.07) is 6.29. The van der Waals surface area contributed by atoms with Crippen LogP contribution in [-0.4, -0.2) is 19.6 Å². The second-order valence-electron chi connectivity index (χ2n) is 8.29. The standard InChI is InChI=1S/C17H30N.C8H18O4S/c1-2-3-4-5-6-7-8-9-10-12-15-18-16-13-11-14-17-18;1-2-3-4-5-6-7-8-12-13(9,10)11/h11,13-14,16-17H,2-10,12,15H2,1H3;2-8H2,1H3,(H,9,10,11)/q+1;/p-1. The molecule has 0 radical (unpaired) electrons. The van der Waals surface area contributed by atoms with E-state index in [1.807, 2.05) is 0 Å². The molecule has 5 nitrogen and oxygen atoms in total. The summed E-state index contributed by atoms with van der Waals surface area (Å²) in [5.74, 6) is 0. The van der Waals surface area contributed by atoms with Crippen molar-refractivity contribution < 1.29 is 21.7 Å². The van der Waals surface area contributed by atoms with Crippen LogP contribution in [-0.2, 0) is 21.1 Å². The summed E-state index contributed by atoms with van der Waals surface area (Å²) in [7, 11) is -4.47. The van der Waals surface area contributed by atoms with Crippen molar-refractivity contribution in [2.75, 3.05) is 6.61 Å². The molecule has 0 N–H and O–H groups in total. The molecule has 0 atom stereocenters. The average molecular weight is 458 g/mol. The summed E-state index contributed by atoms with van der Waals surface area (Å²) in [5.41, 5.74) is 0. The van der Waals surface area contributed by atoms with E-state index in [0.717, 1.165) is 12.8 Å². The van der Waals surface area contributed by atoms with E-state index in [9.17, 15) is 13.0 Å². The van der Waals surface area contributed by atoms with Crippen LogP contribution in [0.25, 0.3) is 0 Å². The van der Waals surface area contributed by atoms with Gasteiger partial charge in [-0.15, -0.1) is 0 Å². The second kappa shape index (κ2) is 22.2. The third-order valence-corrected chi connectivity index (χ3v) is 5.73. The number of unbranched alkanes of at least 4 members (excludes halogenated alkanes) is 14. The van der Waals surface area contributed by atoms with Crippen LogP contribution in [0.4, 0.5) is 0 Å². The molecule has 0 saturated heterocycles. The van der Waals surface area contributed by atoms with Crippen LogP contribution in [0.15, 0.2) is 30.6 Å². The molecular formula is C25H47NO4S. The Bertz CT molecular complexity index is 578. The summed E-state index contributed by atoms with van der Waals surface area (Å²) < 4.78 is 36.3. The van der Waals surface area contributed by atoms with Crippen LogP contribution in [0, 0.1) is 0 Å². The third-order valence-electron chi connectivity index (χ3n) is 5.27. The zero-order valence-corrected chi connectivity index (χ0v) is 20.9. The second-order valence-corrected chi connectivity index (χ2v) is 9.35. The van der Waals surface area contributed by atoms with Gasteiger partial charge in [-0.05, 0) is 12.8 Å². The molecular weight excluding hydrogens is 410 g/mol. The third kappa shape index (κ3) is 25.2. The Kier molecular flexibility index (Phi) is 21.5. The Balaban J connectivity index is 0.000000615. The van der Waals surface area contributed by atoms with Crippen molar-refractivity contribution >= 4 is 10.4 Å². The van der Waals surface area contributed by atoms with Crippen LogP contribution in [0.2, 0.25) is 0 Å². The highest BCUT2D eigenvalue weighted by Crippen LogP contribution is 2.10. The van der Waals surface area contributed by atoms with Gasteiger partial charge in [-0.2, -0.15) is 0 Å². The predicted molar refractivity (Wildman–Crippen MR) is 128 cm³/mol. The lowest BCUT2D eigenvalue weighted by Crippen LogP contribution is -2.32. The Labute approximate surface area is 192 Å². The predicted octanol–water partition coefficient (Wildman–Crippen LogP) is 6.72. The molecule has 0 aliphatic carbocycles. The fraction of sp³-hybridized carbons (Fsp3) is 0.800. The van der Waals surface area contributed by atoms with Crippen molar-refractivity contribution in [2.45, 2.75) is 123 Å². The van der Waals surface area contributed by atoms with Crippen LogP contribution in [0.5, 0.6) is 0 Å². The van der Waals surface area contributed by atoms with Crippen molar-refractivity contribution in [3.05, 3.63) is 30.6 Å². The van der Waals surface area contributed by atoms with Crippen LogP contribution >= 0.6 is 0 Å². The summed E-state index contributed by atoms with van der Waals surface area (Å²) in [6.07, 6.45) is 24.7. The summed E-state index contributed by atoms with van der Waals surface area (Å²) in [6.45, 7) is 5.62. The molecule has 0 aliphatic heterocycles. The van der Waals surface area contributed by atoms with E-state index in [4.69, 9.17) is 0 Å². The maximum Gasteiger partial charge on any atom is 0.217 e. The van der Waals surface area contributed by atoms with Gasteiger partial charge in [0.05, 0.1) is 6.61 Å². The van der Waals surface area contributed by atoms with Crippen LogP contribution in [0.1, 0.15) is 117 Å². The highest BCUT2D eigenvalue weighted by molar-refractivity contribution is 7.80. The number of aromatic nitrogens is 1. The Morgan fingerprint density at radius 2 is 1.06 bits per heavy atom. The van der Waals surface area contributed by atoms with E-state index in [1.54, 1.807) is 0 Å². The molecule has 0 unspecified atom stereocenters. The summed E-state index contributed by atoms with van der Waals surface area (Å²) >= 11 is 0. The number of pyridine rings is 1. The lowest BCUT2D eigenvalue weighted by molar-refractivity contribution is -0.697. The van der Waals surface area contributed by atoms with Gasteiger partial charge in [-0.25, -0.2) is 13.0 Å². The van der Waals surface area contributed by atoms with Gasteiger partial charge >= 0.3 is 0 Å². The first-order valence-corrected chi connectivity index (χ1v) is 13.9. The van der Waals surface area contributed by atoms with Gasteiger partial charge in [0.15, 0.2) is 12.4 Å². The van der Waals surface area contributed by atoms with Crippen molar-refractivity contribution in [1.29, 1.82) is 0 Å². The van der Waals surface area contributed by atoms with Gasteiger partial charge in [-0.3, -0.25) is 4.18 Å². The number of hydrogen-bond acceptors (Lipinski definition) is 4. The molecule has 1 aromatic rings. The van der Waals surface area contributed by atoms with Crippen molar-refractivity contribution in [3.8, 4) is 0 Å². The van der Waals surface area contributed by atoms with Crippen molar-refractivity contribution in [1.82, 2.24) is 0 Å². The average Bonchev–Trinajstić information content (AvgIpc) is 2.75. The minimum Gasteiger partial charge on any atom is -0.726 e. The van der Waals surface area contributed by atoms with Crippen LogP contribution < -0.4 is 4.57 Å². The van der Waals surface area contributed by atoms with E-state index in [2.05, 4.69) is 53.2 Å². The molecule has 0 bridgehead atoms. The maximum atomic E-state index is 9.99. The van der Waals surface area contributed by atoms with E-state index < -0.39 is 10.4 Å². The van der Waals surface area contributed by atoms with Gasteiger partial charge in [-0.1, -0.05) is 103 Å². The quantitative estimate of drug-likeness (QED) is 0.100. The fourth-order valence-corrected chi connectivity index (χ4v) is 3.73. The zero-order valence-electron chi connectivity index (χ0n) is 20.1. The largest absolute Gasteiger partial charge is 0.726 e. The lowest BCUT2D eigenvalue weighted by atomic mass is 10.1. The first-order chi connectivity index (χ1) is 15.0. The molecule has 0 aromatic carbocycles. The molecule has 0 aliphatic rings. The monoisotopic (exact) mass is 457 g/mol. The minimum absolute atomic E-state index is 0.0258. The van der Waals surface area contributed by atoms with Gasteiger partial charge in [0.2, 0.25) is 10.4 Å². The van der Waals surface area contributed by atoms with E-state index in [-0.39, 0.29) is 6.61 Å². The molecule has 0 saturated carbocycles. The van der Waals surface area contributed by atoms with Crippen LogP contribution in [0.3, 0.4) is 0 Å². The van der Waals surface area contributed by atoms with Gasteiger partial charge in [0, 0.05) is 18.6 Å². The van der Waals surface area contributed by atoms with E-state index in [1.165, 1.54) is 90.0 Å². The Morgan fingerprint density at radius 1 is 0.645 bits per heavy atom. The Morgan fingerprint density at radius 3 is 1.52 bits per heavy atom. The minimum atomic E-state index is -4.47. The normalized spacial score (nSPS) is 11.2. The highest BCUT2D eigenvalue weighted by atomic mass is 32.3. The number of rotatable bonds is 19. The molecule has 0 amide bonds. The number of aryl methyl sites for hydroxylation is 1. The van der Waals surface area contributed by atoms with E-state index >= 15 is 0 Å². The topological polar surface area (TPSA) is 70.3 Å². The first-order valence-electron chi connectivity index (χ1n) is 12.5.